The van der Waals surface area contributed by atoms with Gasteiger partial charge in [-0.1, -0.05) is 35.9 Å². The third kappa shape index (κ3) is 3.07. The Morgan fingerprint density at radius 2 is 2.05 bits per heavy atom. The second-order valence-corrected chi connectivity index (χ2v) is 6.70. The summed E-state index contributed by atoms with van der Waals surface area (Å²) in [6.45, 7) is 1.57. The SMILES string of the molecule is NCC(c1ccccc1Cl)N(Cc1cccs1)C1CC1. The summed E-state index contributed by atoms with van der Waals surface area (Å²) in [6.07, 6.45) is 2.54. The van der Waals surface area contributed by atoms with Gasteiger partial charge in [0.2, 0.25) is 0 Å². The fourth-order valence-electron chi connectivity index (χ4n) is 2.67. The van der Waals surface area contributed by atoms with Crippen molar-refractivity contribution in [2.75, 3.05) is 6.54 Å². The van der Waals surface area contributed by atoms with Crippen LogP contribution in [-0.4, -0.2) is 17.5 Å². The van der Waals surface area contributed by atoms with Crippen LogP contribution >= 0.6 is 22.9 Å². The summed E-state index contributed by atoms with van der Waals surface area (Å²) in [4.78, 5) is 3.91. The van der Waals surface area contributed by atoms with E-state index in [0.29, 0.717) is 12.6 Å². The first-order valence-electron chi connectivity index (χ1n) is 7.02. The zero-order chi connectivity index (χ0) is 13.9. The molecule has 0 aliphatic heterocycles. The molecule has 1 aliphatic rings. The maximum atomic E-state index is 6.37. The number of rotatable bonds is 6. The van der Waals surface area contributed by atoms with E-state index in [1.165, 1.54) is 17.7 Å². The van der Waals surface area contributed by atoms with E-state index in [4.69, 9.17) is 17.3 Å². The van der Waals surface area contributed by atoms with E-state index in [1.54, 1.807) is 0 Å². The molecule has 2 N–H and O–H groups in total. The Labute approximate surface area is 129 Å². The van der Waals surface area contributed by atoms with E-state index >= 15 is 0 Å². The molecule has 0 saturated heterocycles. The zero-order valence-electron chi connectivity index (χ0n) is 11.3. The predicted octanol–water partition coefficient (Wildman–Crippen LogP) is 4.07. The lowest BCUT2D eigenvalue weighted by molar-refractivity contribution is 0.184. The van der Waals surface area contributed by atoms with Crippen molar-refractivity contribution in [2.45, 2.75) is 31.5 Å². The summed E-state index contributed by atoms with van der Waals surface area (Å²) < 4.78 is 0. The minimum atomic E-state index is 0.207. The number of halogens is 1. The van der Waals surface area contributed by atoms with Crippen molar-refractivity contribution in [1.29, 1.82) is 0 Å². The molecule has 0 bridgehead atoms. The van der Waals surface area contributed by atoms with E-state index in [-0.39, 0.29) is 6.04 Å². The largest absolute Gasteiger partial charge is 0.329 e. The molecule has 0 spiro atoms. The van der Waals surface area contributed by atoms with Crippen LogP contribution in [0, 0.1) is 0 Å². The van der Waals surface area contributed by atoms with Crippen LogP contribution in [0.3, 0.4) is 0 Å². The minimum Gasteiger partial charge on any atom is -0.329 e. The minimum absolute atomic E-state index is 0.207. The molecule has 4 heteroatoms. The molecule has 0 amide bonds. The maximum Gasteiger partial charge on any atom is 0.0492 e. The van der Waals surface area contributed by atoms with Gasteiger partial charge < -0.3 is 5.73 Å². The van der Waals surface area contributed by atoms with Gasteiger partial charge >= 0.3 is 0 Å². The lowest BCUT2D eigenvalue weighted by Crippen LogP contribution is -2.35. The van der Waals surface area contributed by atoms with Gasteiger partial charge in [0.1, 0.15) is 0 Å². The Hall–Kier alpha value is -0.870. The number of benzene rings is 1. The lowest BCUT2D eigenvalue weighted by Gasteiger charge is -2.31. The summed E-state index contributed by atoms with van der Waals surface area (Å²) in [6, 6.07) is 13.2. The van der Waals surface area contributed by atoms with E-state index in [9.17, 15) is 0 Å². The first-order chi connectivity index (χ1) is 9.79. The number of thiophene rings is 1. The van der Waals surface area contributed by atoms with E-state index in [2.05, 4.69) is 28.5 Å². The van der Waals surface area contributed by atoms with Gasteiger partial charge in [-0.2, -0.15) is 0 Å². The zero-order valence-corrected chi connectivity index (χ0v) is 12.9. The average molecular weight is 307 g/mol. The molecule has 1 aromatic carbocycles. The van der Waals surface area contributed by atoms with Crippen LogP contribution in [0.15, 0.2) is 41.8 Å². The highest BCUT2D eigenvalue weighted by Crippen LogP contribution is 2.37. The first kappa shape index (κ1) is 14.1. The first-order valence-corrected chi connectivity index (χ1v) is 8.28. The molecule has 3 rings (SSSR count). The number of hydrogen-bond donors (Lipinski definition) is 1. The van der Waals surface area contributed by atoms with Crippen molar-refractivity contribution in [1.82, 2.24) is 4.90 Å². The van der Waals surface area contributed by atoms with Gasteiger partial charge in [0, 0.05) is 35.1 Å². The van der Waals surface area contributed by atoms with E-state index in [0.717, 1.165) is 17.1 Å². The van der Waals surface area contributed by atoms with E-state index < -0.39 is 0 Å². The molecule has 20 heavy (non-hydrogen) atoms. The molecule has 2 aromatic rings. The van der Waals surface area contributed by atoms with Crippen molar-refractivity contribution in [2.24, 2.45) is 5.73 Å². The molecular weight excluding hydrogens is 288 g/mol. The highest BCUT2D eigenvalue weighted by atomic mass is 35.5. The Balaban J connectivity index is 1.86. The van der Waals surface area contributed by atoms with Crippen LogP contribution in [0.4, 0.5) is 0 Å². The standard InChI is InChI=1S/C16H19ClN2S/c17-15-6-2-1-5-14(15)16(10-18)19(12-7-8-12)11-13-4-3-9-20-13/h1-6,9,12,16H,7-8,10-11,18H2. The summed E-state index contributed by atoms with van der Waals surface area (Å²) in [7, 11) is 0. The third-order valence-corrected chi connectivity index (χ3v) is 5.03. The van der Waals surface area contributed by atoms with Crippen molar-refractivity contribution in [3.63, 3.8) is 0 Å². The van der Waals surface area contributed by atoms with Crippen molar-refractivity contribution < 1.29 is 0 Å². The highest BCUT2D eigenvalue weighted by molar-refractivity contribution is 7.09. The number of nitrogens with zero attached hydrogens (tertiary/aromatic N) is 1. The Kier molecular flexibility index (Phi) is 4.41. The molecule has 1 atom stereocenters. The second kappa shape index (κ2) is 6.27. The molecule has 1 aliphatic carbocycles. The van der Waals surface area contributed by atoms with Crippen LogP contribution in [0.5, 0.6) is 0 Å². The fraction of sp³-hybridized carbons (Fsp3) is 0.375. The predicted molar refractivity (Wildman–Crippen MR) is 86.1 cm³/mol. The second-order valence-electron chi connectivity index (χ2n) is 5.26. The van der Waals surface area contributed by atoms with Gasteiger partial charge in [0.05, 0.1) is 0 Å². The molecule has 1 aromatic heterocycles. The van der Waals surface area contributed by atoms with Gasteiger partial charge in [-0.05, 0) is 35.9 Å². The van der Waals surface area contributed by atoms with Crippen LogP contribution in [-0.2, 0) is 6.54 Å². The smallest absolute Gasteiger partial charge is 0.0492 e. The molecule has 1 saturated carbocycles. The van der Waals surface area contributed by atoms with Crippen LogP contribution in [0.25, 0.3) is 0 Å². The lowest BCUT2D eigenvalue weighted by atomic mass is 10.0. The van der Waals surface area contributed by atoms with Gasteiger partial charge in [0.25, 0.3) is 0 Å². The summed E-state index contributed by atoms with van der Waals surface area (Å²) >= 11 is 8.18. The van der Waals surface area contributed by atoms with Gasteiger partial charge in [-0.3, -0.25) is 4.90 Å². The molecule has 2 nitrogen and oxygen atoms in total. The topological polar surface area (TPSA) is 29.3 Å². The van der Waals surface area contributed by atoms with Crippen LogP contribution in [0.1, 0.15) is 29.3 Å². The monoisotopic (exact) mass is 306 g/mol. The Morgan fingerprint density at radius 1 is 1.25 bits per heavy atom. The summed E-state index contributed by atoms with van der Waals surface area (Å²) in [5.74, 6) is 0. The summed E-state index contributed by atoms with van der Waals surface area (Å²) in [5.41, 5.74) is 7.23. The van der Waals surface area contributed by atoms with Crippen LogP contribution < -0.4 is 5.73 Å². The number of hydrogen-bond acceptors (Lipinski definition) is 3. The molecule has 106 valence electrons. The molecule has 1 unspecified atom stereocenters. The highest BCUT2D eigenvalue weighted by Gasteiger charge is 2.34. The Bertz CT molecular complexity index is 551. The molecule has 0 radical (unpaired) electrons. The quantitative estimate of drug-likeness (QED) is 0.872. The molecule has 1 fully saturated rings. The van der Waals surface area contributed by atoms with Gasteiger partial charge in [0.15, 0.2) is 0 Å². The van der Waals surface area contributed by atoms with Crippen molar-refractivity contribution >= 4 is 22.9 Å². The van der Waals surface area contributed by atoms with Gasteiger partial charge in [-0.25, -0.2) is 0 Å². The summed E-state index contributed by atoms with van der Waals surface area (Å²) in [5, 5.41) is 2.95. The normalized spacial score (nSPS) is 16.6. The van der Waals surface area contributed by atoms with Crippen molar-refractivity contribution in [3.05, 3.63) is 57.2 Å². The Morgan fingerprint density at radius 3 is 2.65 bits per heavy atom. The van der Waals surface area contributed by atoms with Crippen molar-refractivity contribution in [3.8, 4) is 0 Å². The fourth-order valence-corrected chi connectivity index (χ4v) is 3.64. The molecule has 1 heterocycles. The van der Waals surface area contributed by atoms with Gasteiger partial charge in [-0.15, -0.1) is 11.3 Å². The molecular formula is C16H19ClN2S. The maximum absolute atomic E-state index is 6.37. The third-order valence-electron chi connectivity index (χ3n) is 3.82. The average Bonchev–Trinajstić information content (AvgIpc) is 3.18. The number of nitrogens with two attached hydrogens (primary N) is 1. The van der Waals surface area contributed by atoms with Crippen LogP contribution in [0.2, 0.25) is 5.02 Å². The van der Waals surface area contributed by atoms with E-state index in [1.807, 2.05) is 29.5 Å².